The summed E-state index contributed by atoms with van der Waals surface area (Å²) >= 11 is 0. The van der Waals surface area contributed by atoms with Crippen LogP contribution in [0.3, 0.4) is 0 Å². The van der Waals surface area contributed by atoms with Crippen molar-refractivity contribution in [2.24, 2.45) is 10.2 Å². The lowest BCUT2D eigenvalue weighted by Gasteiger charge is -2.16. The lowest BCUT2D eigenvalue weighted by Crippen LogP contribution is -2.27. The highest BCUT2D eigenvalue weighted by molar-refractivity contribution is 7.86. The summed E-state index contributed by atoms with van der Waals surface area (Å²) in [6.07, 6.45) is 4.69. The van der Waals surface area contributed by atoms with E-state index in [0.29, 0.717) is 22.3 Å². The second-order valence-corrected chi connectivity index (χ2v) is 14.3. The largest absolute Gasteiger partial charge is 0.478 e. The number of rotatable bonds is 10. The fourth-order valence-electron chi connectivity index (χ4n) is 5.51. The molecule has 0 spiro atoms. The van der Waals surface area contributed by atoms with Gasteiger partial charge in [0.05, 0.1) is 11.4 Å². The molecule has 4 aromatic rings. The Balaban J connectivity index is 1.30. The van der Waals surface area contributed by atoms with Gasteiger partial charge in [-0.05, 0) is 58.7 Å². The third-order valence-corrected chi connectivity index (χ3v) is 9.85. The van der Waals surface area contributed by atoms with Gasteiger partial charge in [0.25, 0.3) is 20.2 Å². The Morgan fingerprint density at radius 2 is 0.944 bits per heavy atom. The molecule has 0 fully saturated rings. The van der Waals surface area contributed by atoms with Gasteiger partial charge < -0.3 is 10.2 Å². The van der Waals surface area contributed by atoms with Crippen LogP contribution in [0.15, 0.2) is 116 Å². The minimum absolute atomic E-state index is 0.0373. The van der Waals surface area contributed by atoms with Crippen LogP contribution in [0.25, 0.3) is 24.3 Å². The number of hydrazone groups is 2. The maximum Gasteiger partial charge on any atom is 0.339 e. The van der Waals surface area contributed by atoms with Gasteiger partial charge in [-0.2, -0.15) is 27.0 Å². The molecule has 0 radical (unpaired) electrons. The number of anilines is 2. The quantitative estimate of drug-likeness (QED) is 0.0575. The first kappa shape index (κ1) is 36.9. The number of benzene rings is 4. The van der Waals surface area contributed by atoms with Crippen LogP contribution in [-0.2, 0) is 39.4 Å². The molecule has 16 nitrogen and oxygen atoms in total. The summed E-state index contributed by atoms with van der Waals surface area (Å²) in [5.74, 6) is -4.74. The molecule has 4 aromatic carbocycles. The van der Waals surface area contributed by atoms with Crippen LogP contribution < -0.4 is 10.9 Å². The van der Waals surface area contributed by atoms with E-state index in [1.807, 2.05) is 0 Å². The minimum Gasteiger partial charge on any atom is -0.478 e. The topological polar surface area (TPSA) is 266 Å². The monoisotopic (exact) mass is 768 g/mol. The molecule has 0 heterocycles. The summed E-state index contributed by atoms with van der Waals surface area (Å²) in [5.41, 5.74) is 4.52. The van der Waals surface area contributed by atoms with Crippen LogP contribution >= 0.6 is 0 Å². The van der Waals surface area contributed by atoms with Crippen molar-refractivity contribution < 1.29 is 55.3 Å². The van der Waals surface area contributed by atoms with E-state index in [9.17, 15) is 55.3 Å². The Bertz CT molecular complexity index is 2530. The summed E-state index contributed by atoms with van der Waals surface area (Å²) in [7, 11) is -9.87. The molecule has 0 saturated carbocycles. The molecule has 18 heteroatoms. The number of nitrogens with zero attached hydrogens (tertiary/aromatic N) is 2. The lowest BCUT2D eigenvalue weighted by molar-refractivity contribution is -0.135. The molecule has 0 aliphatic heterocycles. The van der Waals surface area contributed by atoms with E-state index in [1.165, 1.54) is 36.4 Å². The van der Waals surface area contributed by atoms with Crippen molar-refractivity contribution in [3.63, 3.8) is 0 Å². The molecule has 6 rings (SSSR count). The van der Waals surface area contributed by atoms with Crippen LogP contribution in [0.1, 0.15) is 33.4 Å². The van der Waals surface area contributed by atoms with E-state index in [1.54, 1.807) is 48.5 Å². The van der Waals surface area contributed by atoms with Crippen molar-refractivity contribution in [2.45, 2.75) is 9.79 Å². The Morgan fingerprint density at radius 1 is 0.574 bits per heavy atom. The smallest absolute Gasteiger partial charge is 0.339 e. The van der Waals surface area contributed by atoms with Crippen LogP contribution in [0, 0.1) is 0 Å². The number of hydrogen-bond acceptors (Lipinski definition) is 12. The minimum atomic E-state index is -4.94. The zero-order chi connectivity index (χ0) is 38.9. The fraction of sp³-hybridized carbons (Fsp3) is 0. The average molecular weight is 769 g/mol. The number of carbonyl (C=O) groups is 4. The second-order valence-electron chi connectivity index (χ2n) is 11.5. The summed E-state index contributed by atoms with van der Waals surface area (Å²) in [6, 6.07) is 19.8. The predicted molar refractivity (Wildman–Crippen MR) is 196 cm³/mol. The highest BCUT2D eigenvalue weighted by atomic mass is 32.2. The van der Waals surface area contributed by atoms with E-state index in [2.05, 4.69) is 21.1 Å². The Morgan fingerprint density at radius 3 is 1.30 bits per heavy atom. The van der Waals surface area contributed by atoms with Crippen LogP contribution in [0.5, 0.6) is 0 Å². The molecule has 0 bridgehead atoms. The average Bonchev–Trinajstić information content (AvgIpc) is 3.12. The number of Topliss-reactive ketones (excluding diaryl/α,β-unsaturated/α-hetero) is 2. The molecule has 2 aliphatic rings. The van der Waals surface area contributed by atoms with E-state index < -0.39 is 64.7 Å². The molecule has 54 heavy (non-hydrogen) atoms. The van der Waals surface area contributed by atoms with Crippen molar-refractivity contribution in [1.82, 2.24) is 0 Å². The van der Waals surface area contributed by atoms with Gasteiger partial charge in [-0.1, -0.05) is 72.8 Å². The highest BCUT2D eigenvalue weighted by Gasteiger charge is 2.31. The lowest BCUT2D eigenvalue weighted by atomic mass is 9.89. The first-order valence-electron chi connectivity index (χ1n) is 15.3. The van der Waals surface area contributed by atoms with Crippen LogP contribution in [0.4, 0.5) is 11.4 Å². The summed E-state index contributed by atoms with van der Waals surface area (Å²) in [6.45, 7) is 0. The van der Waals surface area contributed by atoms with Gasteiger partial charge in [-0.15, -0.1) is 0 Å². The zero-order valence-electron chi connectivity index (χ0n) is 27.2. The number of carbonyl (C=O) groups excluding carboxylic acids is 2. The SMILES string of the molecule is O=C(O)C1=Cc2ccccc2/C(=N/Nc2ccc(/C=C/c3ccc(N/N=C4/C(=O)C(C(=O)O)=Cc5ccccc54)cc3S(=O)(=O)O)c(S(=O)(=O)O)c2)C1=O. The number of fused-ring (bicyclic) bond motifs is 2. The Kier molecular flexibility index (Phi) is 9.76. The Hall–Kier alpha value is -6.86. The molecule has 0 amide bonds. The summed E-state index contributed by atoms with van der Waals surface area (Å²) in [4.78, 5) is 47.8. The maximum atomic E-state index is 12.9. The molecule has 6 N–H and O–H groups in total. The van der Waals surface area contributed by atoms with Gasteiger partial charge in [0, 0.05) is 11.1 Å². The fourth-order valence-corrected chi connectivity index (χ4v) is 6.93. The predicted octanol–water partition coefficient (Wildman–Crippen LogP) is 4.08. The summed E-state index contributed by atoms with van der Waals surface area (Å²) in [5, 5.41) is 27.0. The first-order valence-corrected chi connectivity index (χ1v) is 18.2. The summed E-state index contributed by atoms with van der Waals surface area (Å²) < 4.78 is 69.7. The van der Waals surface area contributed by atoms with Gasteiger partial charge >= 0.3 is 11.9 Å². The normalized spacial score (nSPS) is 15.7. The molecule has 2 aliphatic carbocycles. The molecule has 0 atom stereocenters. The van der Waals surface area contributed by atoms with Crippen LogP contribution in [-0.4, -0.2) is 71.1 Å². The Labute approximate surface area is 305 Å². The second kappa shape index (κ2) is 14.3. The molecule has 0 aromatic heterocycles. The standard InChI is InChI=1S/C36H24N4O12S2/c41-33-27(35(43)44)15-21-5-1-3-7-25(21)31(33)39-37-23-13-11-19(29(17-23)53(47,48)49)9-10-20-12-14-24(18-30(20)54(50,51)52)38-40-32-26-8-4-2-6-22(26)16-28(34(32)42)36(45)46/h1-18,37-38H,(H,43,44)(H,45,46)(H,47,48,49)(H,50,51,52)/b10-9+,39-31-,40-32+. The maximum absolute atomic E-state index is 12.9. The highest BCUT2D eigenvalue weighted by Crippen LogP contribution is 2.28. The number of carboxylic acid groups (broad SMARTS) is 2. The van der Waals surface area contributed by atoms with E-state index >= 15 is 0 Å². The van der Waals surface area contributed by atoms with Crippen molar-refractivity contribution in [1.29, 1.82) is 0 Å². The van der Waals surface area contributed by atoms with E-state index in [-0.39, 0.29) is 33.9 Å². The number of hydrogen-bond donors (Lipinski definition) is 6. The third-order valence-electron chi connectivity index (χ3n) is 8.03. The number of nitrogens with one attached hydrogen (secondary N) is 2. The zero-order valence-corrected chi connectivity index (χ0v) is 28.8. The van der Waals surface area contributed by atoms with Gasteiger partial charge in [0.1, 0.15) is 32.4 Å². The van der Waals surface area contributed by atoms with Crippen molar-refractivity contribution >= 4 is 90.8 Å². The van der Waals surface area contributed by atoms with Gasteiger partial charge in [0.15, 0.2) is 0 Å². The van der Waals surface area contributed by atoms with Crippen molar-refractivity contribution in [3.05, 3.63) is 129 Å². The molecule has 0 unspecified atom stereocenters. The number of ketones is 2. The van der Waals surface area contributed by atoms with Gasteiger partial charge in [-0.25, -0.2) is 9.59 Å². The van der Waals surface area contributed by atoms with Crippen molar-refractivity contribution in [2.75, 3.05) is 10.9 Å². The molecule has 272 valence electrons. The van der Waals surface area contributed by atoms with Crippen molar-refractivity contribution in [3.8, 4) is 0 Å². The number of carboxylic acids is 2. The van der Waals surface area contributed by atoms with E-state index in [0.717, 1.165) is 24.3 Å². The first-order chi connectivity index (χ1) is 25.5. The van der Waals surface area contributed by atoms with E-state index in [4.69, 9.17) is 0 Å². The molecular formula is C36H24N4O12S2. The van der Waals surface area contributed by atoms with Gasteiger partial charge in [0.2, 0.25) is 11.6 Å². The third kappa shape index (κ3) is 7.52. The molecular weight excluding hydrogens is 745 g/mol. The van der Waals surface area contributed by atoms with Gasteiger partial charge in [-0.3, -0.25) is 29.5 Å². The number of aliphatic carboxylic acids is 2. The molecule has 0 saturated heterocycles. The van der Waals surface area contributed by atoms with Crippen LogP contribution in [0.2, 0.25) is 0 Å².